The maximum absolute atomic E-state index is 11.4. The van der Waals surface area contributed by atoms with Gasteiger partial charge < -0.3 is 4.74 Å². The van der Waals surface area contributed by atoms with Crippen molar-refractivity contribution in [2.24, 2.45) is 0 Å². The number of carbonyl (C=O) groups excluding carboxylic acids is 1. The molecule has 0 bridgehead atoms. The van der Waals surface area contributed by atoms with Gasteiger partial charge in [0.1, 0.15) is 0 Å². The molecule has 0 saturated carbocycles. The van der Waals surface area contributed by atoms with Crippen molar-refractivity contribution in [1.82, 2.24) is 0 Å². The molecule has 0 aliphatic rings. The second-order valence-electron chi connectivity index (χ2n) is 8.24. The molecule has 0 N–H and O–H groups in total. The quantitative estimate of drug-likeness (QED) is 0.131. The monoisotopic (exact) mass is 414 g/mol. The van der Waals surface area contributed by atoms with Crippen molar-refractivity contribution < 1.29 is 9.53 Å². The van der Waals surface area contributed by atoms with E-state index in [0.717, 1.165) is 6.42 Å². The number of carbonyl (C=O) groups is 1. The number of esters is 1. The van der Waals surface area contributed by atoms with Crippen LogP contribution >= 0.6 is 11.8 Å². The zero-order valence-electron chi connectivity index (χ0n) is 19.4. The summed E-state index contributed by atoms with van der Waals surface area (Å²) in [6, 6.07) is 0. The molecule has 0 aliphatic carbocycles. The Morgan fingerprint density at radius 3 is 1.71 bits per heavy atom. The molecular formula is C25H50O2S. The van der Waals surface area contributed by atoms with E-state index < -0.39 is 0 Å². The van der Waals surface area contributed by atoms with Crippen molar-refractivity contribution in [3.8, 4) is 0 Å². The van der Waals surface area contributed by atoms with Crippen LogP contribution in [0, 0.1) is 0 Å². The van der Waals surface area contributed by atoms with Crippen molar-refractivity contribution in [2.75, 3.05) is 12.4 Å². The zero-order valence-corrected chi connectivity index (χ0v) is 20.3. The van der Waals surface area contributed by atoms with Gasteiger partial charge in [0.2, 0.25) is 0 Å². The Balaban J connectivity index is 3.73. The fraction of sp³-hybridized carbons (Fsp3) is 0.960. The summed E-state index contributed by atoms with van der Waals surface area (Å²) >= 11 is 2.13. The summed E-state index contributed by atoms with van der Waals surface area (Å²) < 4.78 is 5.32. The summed E-state index contributed by atoms with van der Waals surface area (Å²) in [7, 11) is 0. The molecule has 0 fully saturated rings. The van der Waals surface area contributed by atoms with E-state index in [1.165, 1.54) is 108 Å². The molecule has 1 atom stereocenters. The van der Waals surface area contributed by atoms with Gasteiger partial charge in [0.15, 0.2) is 0 Å². The molecule has 0 rings (SSSR count). The Hall–Kier alpha value is -0.180. The summed E-state index contributed by atoms with van der Waals surface area (Å²) in [6.45, 7) is 7.03. The number of hydrogen-bond donors (Lipinski definition) is 0. The first-order valence-corrected chi connectivity index (χ1v) is 13.6. The number of thioether (sulfide) groups is 1. The van der Waals surface area contributed by atoms with Crippen LogP contribution in [0.1, 0.15) is 136 Å². The minimum Gasteiger partial charge on any atom is -0.466 e. The second kappa shape index (κ2) is 23.1. The third-order valence-electron chi connectivity index (χ3n) is 5.47. The van der Waals surface area contributed by atoms with Crippen molar-refractivity contribution in [1.29, 1.82) is 0 Å². The molecule has 3 heteroatoms. The third kappa shape index (κ3) is 20.6. The minimum atomic E-state index is -0.0543. The fourth-order valence-electron chi connectivity index (χ4n) is 3.53. The van der Waals surface area contributed by atoms with E-state index in [1.54, 1.807) is 0 Å². The van der Waals surface area contributed by atoms with Gasteiger partial charge in [-0.2, -0.15) is 11.8 Å². The first-order chi connectivity index (χ1) is 13.7. The van der Waals surface area contributed by atoms with Gasteiger partial charge in [0.25, 0.3) is 0 Å². The standard InChI is InChI=1S/C25H50O2S/c1-4-7-9-11-12-13-14-15-17-19-23-28-24(20-18-16-10-8-5-2)21-22-27-25(26)6-3/h24H,4-23H2,1-3H3. The molecule has 1 unspecified atom stereocenters. The van der Waals surface area contributed by atoms with Crippen LogP contribution in [0.2, 0.25) is 0 Å². The highest BCUT2D eigenvalue weighted by atomic mass is 32.2. The van der Waals surface area contributed by atoms with E-state index in [4.69, 9.17) is 4.74 Å². The van der Waals surface area contributed by atoms with Crippen LogP contribution in [-0.4, -0.2) is 23.6 Å². The van der Waals surface area contributed by atoms with Crippen LogP contribution in [0.5, 0.6) is 0 Å². The lowest BCUT2D eigenvalue weighted by Crippen LogP contribution is -2.11. The summed E-state index contributed by atoms with van der Waals surface area (Å²) in [4.78, 5) is 11.4. The predicted molar refractivity (Wildman–Crippen MR) is 127 cm³/mol. The van der Waals surface area contributed by atoms with Crippen LogP contribution in [0.4, 0.5) is 0 Å². The average molecular weight is 415 g/mol. The van der Waals surface area contributed by atoms with Crippen LogP contribution in [0.25, 0.3) is 0 Å². The lowest BCUT2D eigenvalue weighted by atomic mass is 10.1. The lowest BCUT2D eigenvalue weighted by molar-refractivity contribution is -0.143. The number of unbranched alkanes of at least 4 members (excludes halogenated alkanes) is 13. The molecule has 0 aromatic rings. The van der Waals surface area contributed by atoms with Crippen molar-refractivity contribution in [3.63, 3.8) is 0 Å². The highest BCUT2D eigenvalue weighted by Gasteiger charge is 2.10. The van der Waals surface area contributed by atoms with E-state index in [1.807, 2.05) is 6.92 Å². The molecule has 0 aliphatic heterocycles. The molecule has 28 heavy (non-hydrogen) atoms. The Labute approximate surface area is 181 Å². The minimum absolute atomic E-state index is 0.0543. The molecule has 2 nitrogen and oxygen atoms in total. The Morgan fingerprint density at radius 1 is 0.679 bits per heavy atom. The molecule has 0 aromatic carbocycles. The van der Waals surface area contributed by atoms with Gasteiger partial charge in [-0.05, 0) is 25.0 Å². The molecule has 0 saturated heterocycles. The molecule has 0 radical (unpaired) electrons. The lowest BCUT2D eigenvalue weighted by Gasteiger charge is -2.16. The van der Waals surface area contributed by atoms with Crippen LogP contribution in [-0.2, 0) is 9.53 Å². The van der Waals surface area contributed by atoms with Crippen molar-refractivity contribution in [2.45, 2.75) is 142 Å². The predicted octanol–water partition coefficient (Wildman–Crippen LogP) is 8.71. The topological polar surface area (TPSA) is 26.3 Å². The highest BCUT2D eigenvalue weighted by Crippen LogP contribution is 2.23. The maximum atomic E-state index is 11.4. The van der Waals surface area contributed by atoms with Crippen LogP contribution in [0.3, 0.4) is 0 Å². The van der Waals surface area contributed by atoms with Gasteiger partial charge >= 0.3 is 5.97 Å². The van der Waals surface area contributed by atoms with Crippen molar-refractivity contribution in [3.05, 3.63) is 0 Å². The Morgan fingerprint density at radius 2 is 1.18 bits per heavy atom. The van der Waals surface area contributed by atoms with E-state index in [0.29, 0.717) is 18.3 Å². The molecule has 0 spiro atoms. The average Bonchev–Trinajstić information content (AvgIpc) is 2.71. The molecule has 0 amide bonds. The summed E-state index contributed by atoms with van der Waals surface area (Å²) in [5, 5.41) is 0.671. The summed E-state index contributed by atoms with van der Waals surface area (Å²) in [5.41, 5.74) is 0. The molecule has 168 valence electrons. The molecule has 0 heterocycles. The first-order valence-electron chi connectivity index (χ1n) is 12.5. The summed E-state index contributed by atoms with van der Waals surface area (Å²) in [6.07, 6.45) is 23.6. The van der Waals surface area contributed by atoms with Gasteiger partial charge in [-0.1, -0.05) is 111 Å². The van der Waals surface area contributed by atoms with Gasteiger partial charge in [0.05, 0.1) is 6.61 Å². The van der Waals surface area contributed by atoms with Gasteiger partial charge in [0, 0.05) is 11.7 Å². The number of rotatable bonds is 22. The zero-order chi connectivity index (χ0) is 20.7. The number of ether oxygens (including phenoxy) is 1. The smallest absolute Gasteiger partial charge is 0.305 e. The van der Waals surface area contributed by atoms with E-state index in [2.05, 4.69) is 25.6 Å². The molecular weight excluding hydrogens is 364 g/mol. The number of hydrogen-bond acceptors (Lipinski definition) is 3. The Bertz CT molecular complexity index is 320. The van der Waals surface area contributed by atoms with E-state index >= 15 is 0 Å². The largest absolute Gasteiger partial charge is 0.466 e. The summed E-state index contributed by atoms with van der Waals surface area (Å²) in [5.74, 6) is 1.22. The highest BCUT2D eigenvalue weighted by molar-refractivity contribution is 7.99. The van der Waals surface area contributed by atoms with E-state index in [-0.39, 0.29) is 5.97 Å². The van der Waals surface area contributed by atoms with Crippen LogP contribution < -0.4 is 0 Å². The normalized spacial score (nSPS) is 12.2. The van der Waals surface area contributed by atoms with Gasteiger partial charge in [-0.15, -0.1) is 0 Å². The second-order valence-corrected chi connectivity index (χ2v) is 9.65. The third-order valence-corrected chi connectivity index (χ3v) is 6.94. The van der Waals surface area contributed by atoms with Gasteiger partial charge in [-0.25, -0.2) is 0 Å². The first kappa shape index (κ1) is 27.8. The van der Waals surface area contributed by atoms with Crippen molar-refractivity contribution >= 4 is 17.7 Å². The Kier molecular flexibility index (Phi) is 23.0. The SMILES string of the molecule is CCCCCCCCCCCCSC(CCCCCCC)CCOC(=O)CC. The maximum Gasteiger partial charge on any atom is 0.305 e. The van der Waals surface area contributed by atoms with Crippen LogP contribution in [0.15, 0.2) is 0 Å². The van der Waals surface area contributed by atoms with E-state index in [9.17, 15) is 4.79 Å². The molecule has 0 aromatic heterocycles. The fourth-order valence-corrected chi connectivity index (χ4v) is 4.83. The van der Waals surface area contributed by atoms with Gasteiger partial charge in [-0.3, -0.25) is 4.79 Å².